The fraction of sp³-hybridized carbons (Fsp3) is 0.529. The number of hydrogen-bond donors (Lipinski definition) is 0. The van der Waals surface area contributed by atoms with Gasteiger partial charge in [0.1, 0.15) is 5.75 Å². The third kappa shape index (κ3) is 4.50. The molecular weight excluding hydrogens is 338 g/mol. The molecular formula is C17H23N5O2S. The van der Waals surface area contributed by atoms with Crippen LogP contribution in [0.4, 0.5) is 0 Å². The Hall–Kier alpha value is -2.09. The summed E-state index contributed by atoms with van der Waals surface area (Å²) in [6.07, 6.45) is 3.30. The van der Waals surface area contributed by atoms with Gasteiger partial charge in [-0.05, 0) is 41.0 Å². The van der Waals surface area contributed by atoms with Gasteiger partial charge in [-0.3, -0.25) is 4.79 Å². The van der Waals surface area contributed by atoms with Gasteiger partial charge in [-0.1, -0.05) is 30.3 Å². The van der Waals surface area contributed by atoms with Crippen LogP contribution in [0, 0.1) is 0 Å². The van der Waals surface area contributed by atoms with E-state index in [0.29, 0.717) is 16.8 Å². The second kappa shape index (κ2) is 8.33. The van der Waals surface area contributed by atoms with E-state index in [9.17, 15) is 4.79 Å². The number of carbonyl (C=O) groups excluding carboxylic acids is 1. The lowest BCUT2D eigenvalue weighted by Gasteiger charge is -2.24. The van der Waals surface area contributed by atoms with Crippen molar-refractivity contribution in [2.45, 2.75) is 30.3 Å². The first-order valence-corrected chi connectivity index (χ1v) is 9.43. The minimum Gasteiger partial charge on any atom is -0.497 e. The maximum absolute atomic E-state index is 12.6. The number of tetrazole rings is 1. The van der Waals surface area contributed by atoms with Crippen LogP contribution in [-0.4, -0.2) is 57.0 Å². The van der Waals surface area contributed by atoms with Crippen LogP contribution in [0.1, 0.15) is 30.7 Å². The molecule has 1 atom stereocenters. The first-order chi connectivity index (χ1) is 12.2. The number of nitrogens with zero attached hydrogens (tertiary/aromatic N) is 5. The largest absolute Gasteiger partial charge is 0.497 e. The number of methoxy groups -OCH3 is 1. The lowest BCUT2D eigenvalue weighted by Crippen LogP contribution is -2.35. The van der Waals surface area contributed by atoms with Crippen LogP contribution >= 0.6 is 11.8 Å². The summed E-state index contributed by atoms with van der Waals surface area (Å²) in [4.78, 5) is 14.6. The Balaban J connectivity index is 1.62. The minimum absolute atomic E-state index is 0.147. The maximum Gasteiger partial charge on any atom is 0.233 e. The van der Waals surface area contributed by atoms with Crippen molar-refractivity contribution in [2.75, 3.05) is 26.0 Å². The third-order valence-electron chi connectivity index (χ3n) is 4.52. The quantitative estimate of drug-likeness (QED) is 0.760. The zero-order valence-electron chi connectivity index (χ0n) is 14.6. The van der Waals surface area contributed by atoms with Crippen LogP contribution in [-0.2, 0) is 11.8 Å². The van der Waals surface area contributed by atoms with E-state index in [0.717, 1.165) is 38.1 Å². The molecule has 0 radical (unpaired) electrons. The van der Waals surface area contributed by atoms with E-state index in [4.69, 9.17) is 4.74 Å². The van der Waals surface area contributed by atoms with E-state index >= 15 is 0 Å². The van der Waals surface area contributed by atoms with Crippen molar-refractivity contribution < 1.29 is 9.53 Å². The van der Waals surface area contributed by atoms with Gasteiger partial charge in [-0.2, -0.15) is 0 Å². The van der Waals surface area contributed by atoms with Crippen LogP contribution in [0.5, 0.6) is 5.75 Å². The van der Waals surface area contributed by atoms with Crippen molar-refractivity contribution in [1.29, 1.82) is 0 Å². The summed E-state index contributed by atoms with van der Waals surface area (Å²) in [5.74, 6) is 1.75. The van der Waals surface area contributed by atoms with Crippen LogP contribution in [0.15, 0.2) is 29.4 Å². The van der Waals surface area contributed by atoms with Crippen LogP contribution < -0.4 is 4.74 Å². The number of aromatic nitrogens is 4. The third-order valence-corrected chi connectivity index (χ3v) is 5.51. The Morgan fingerprint density at radius 3 is 2.80 bits per heavy atom. The summed E-state index contributed by atoms with van der Waals surface area (Å²) in [5.41, 5.74) is 1.27. The summed E-state index contributed by atoms with van der Waals surface area (Å²) in [5, 5.41) is 12.0. The van der Waals surface area contributed by atoms with E-state index in [1.54, 1.807) is 18.8 Å². The highest BCUT2D eigenvalue weighted by atomic mass is 32.2. The predicted octanol–water partition coefficient (Wildman–Crippen LogP) is 2.11. The van der Waals surface area contributed by atoms with Gasteiger partial charge < -0.3 is 9.64 Å². The van der Waals surface area contributed by atoms with Gasteiger partial charge in [0.05, 0.1) is 12.9 Å². The molecule has 7 nitrogen and oxygen atoms in total. The SMILES string of the molecule is COc1ccc(C2CCCCN(C(=O)CSc3nnnn3C)C2)cc1. The molecule has 0 aliphatic carbocycles. The molecule has 0 bridgehead atoms. The smallest absolute Gasteiger partial charge is 0.233 e. The van der Waals surface area contributed by atoms with E-state index in [2.05, 4.69) is 27.7 Å². The zero-order chi connectivity index (χ0) is 17.6. The molecule has 134 valence electrons. The lowest BCUT2D eigenvalue weighted by atomic mass is 9.94. The van der Waals surface area contributed by atoms with Gasteiger partial charge in [-0.25, -0.2) is 4.68 Å². The number of likely N-dealkylation sites (tertiary alicyclic amines) is 1. The normalized spacial score (nSPS) is 18.0. The molecule has 1 aromatic carbocycles. The maximum atomic E-state index is 12.6. The molecule has 2 aromatic rings. The molecule has 1 aromatic heterocycles. The second-order valence-electron chi connectivity index (χ2n) is 6.18. The van der Waals surface area contributed by atoms with Crippen LogP contribution in [0.25, 0.3) is 0 Å². The van der Waals surface area contributed by atoms with Gasteiger partial charge >= 0.3 is 0 Å². The number of carbonyl (C=O) groups is 1. The lowest BCUT2D eigenvalue weighted by molar-refractivity contribution is -0.128. The van der Waals surface area contributed by atoms with E-state index in [1.807, 2.05) is 17.0 Å². The van der Waals surface area contributed by atoms with Crippen LogP contribution in [0.2, 0.25) is 0 Å². The molecule has 1 aliphatic heterocycles. The Morgan fingerprint density at radius 1 is 1.32 bits per heavy atom. The number of aryl methyl sites for hydroxylation is 1. The molecule has 3 rings (SSSR count). The van der Waals surface area contributed by atoms with E-state index in [-0.39, 0.29) is 5.91 Å². The highest BCUT2D eigenvalue weighted by Crippen LogP contribution is 2.28. The molecule has 1 aliphatic rings. The minimum atomic E-state index is 0.147. The Labute approximate surface area is 151 Å². The van der Waals surface area contributed by atoms with Crippen molar-refractivity contribution in [2.24, 2.45) is 7.05 Å². The Bertz CT molecular complexity index is 703. The van der Waals surface area contributed by atoms with Crippen molar-refractivity contribution in [3.63, 3.8) is 0 Å². The fourth-order valence-corrected chi connectivity index (χ4v) is 3.83. The molecule has 0 N–H and O–H groups in total. The van der Waals surface area contributed by atoms with E-state index in [1.165, 1.54) is 17.3 Å². The number of amides is 1. The van der Waals surface area contributed by atoms with Gasteiger partial charge in [0.15, 0.2) is 0 Å². The first kappa shape index (κ1) is 17.7. The van der Waals surface area contributed by atoms with Crippen molar-refractivity contribution in [1.82, 2.24) is 25.1 Å². The molecule has 0 saturated carbocycles. The van der Waals surface area contributed by atoms with E-state index < -0.39 is 0 Å². The monoisotopic (exact) mass is 361 g/mol. The number of rotatable bonds is 5. The van der Waals surface area contributed by atoms with Crippen molar-refractivity contribution in [3.8, 4) is 5.75 Å². The molecule has 1 unspecified atom stereocenters. The Kier molecular flexibility index (Phi) is 5.91. The zero-order valence-corrected chi connectivity index (χ0v) is 15.4. The molecule has 0 spiro atoms. The highest BCUT2D eigenvalue weighted by Gasteiger charge is 2.23. The van der Waals surface area contributed by atoms with Crippen molar-refractivity contribution >= 4 is 17.7 Å². The molecule has 1 fully saturated rings. The van der Waals surface area contributed by atoms with Gasteiger partial charge in [0.25, 0.3) is 0 Å². The van der Waals surface area contributed by atoms with Gasteiger partial charge in [0, 0.05) is 26.1 Å². The average molecular weight is 361 g/mol. The molecule has 2 heterocycles. The molecule has 8 heteroatoms. The van der Waals surface area contributed by atoms with Crippen LogP contribution in [0.3, 0.4) is 0 Å². The number of benzene rings is 1. The molecule has 25 heavy (non-hydrogen) atoms. The number of hydrogen-bond acceptors (Lipinski definition) is 6. The first-order valence-electron chi connectivity index (χ1n) is 8.44. The number of ether oxygens (including phenoxy) is 1. The molecule has 1 amide bonds. The topological polar surface area (TPSA) is 73.1 Å². The fourth-order valence-electron chi connectivity index (χ4n) is 3.08. The van der Waals surface area contributed by atoms with Crippen molar-refractivity contribution in [3.05, 3.63) is 29.8 Å². The second-order valence-corrected chi connectivity index (χ2v) is 7.12. The summed E-state index contributed by atoms with van der Waals surface area (Å²) in [7, 11) is 3.45. The molecule has 1 saturated heterocycles. The standard InChI is InChI=1S/C17H23N5O2S/c1-21-17(18-19-20-21)25-12-16(23)22-10-4-3-5-14(11-22)13-6-8-15(24-2)9-7-13/h6-9,14H,3-5,10-12H2,1-2H3. The van der Waals surface area contributed by atoms with Gasteiger partial charge in [-0.15, -0.1) is 5.10 Å². The highest BCUT2D eigenvalue weighted by molar-refractivity contribution is 7.99. The summed E-state index contributed by atoms with van der Waals surface area (Å²) in [6.45, 7) is 1.59. The van der Waals surface area contributed by atoms with Gasteiger partial charge in [0.2, 0.25) is 11.1 Å². The summed E-state index contributed by atoms with van der Waals surface area (Å²) >= 11 is 1.38. The number of thioether (sulfide) groups is 1. The summed E-state index contributed by atoms with van der Waals surface area (Å²) < 4.78 is 6.82. The summed E-state index contributed by atoms with van der Waals surface area (Å²) in [6, 6.07) is 8.20. The predicted molar refractivity (Wildman–Crippen MR) is 95.7 cm³/mol. The average Bonchev–Trinajstić information content (AvgIpc) is 2.90. The Morgan fingerprint density at radius 2 is 2.12 bits per heavy atom.